The first-order valence-corrected chi connectivity index (χ1v) is 7.94. The number of aryl methyl sites for hydroxylation is 2. The molecule has 0 bridgehead atoms. The molecule has 0 saturated carbocycles. The zero-order chi connectivity index (χ0) is 14.5. The van der Waals surface area contributed by atoms with E-state index in [1.165, 1.54) is 11.1 Å². The van der Waals surface area contributed by atoms with Gasteiger partial charge in [0.2, 0.25) is 0 Å². The maximum Gasteiger partial charge on any atom is 0.105 e. The number of rotatable bonds is 6. The molecule has 0 spiro atoms. The van der Waals surface area contributed by atoms with Crippen LogP contribution < -0.4 is 5.32 Å². The van der Waals surface area contributed by atoms with E-state index < -0.39 is 0 Å². The number of benzene rings is 1. The van der Waals surface area contributed by atoms with Crippen LogP contribution in [0.15, 0.2) is 39.2 Å². The van der Waals surface area contributed by atoms with Crippen LogP contribution in [0, 0.1) is 13.8 Å². The SMILES string of the molecule is CCCNC(Cc1ccc(Br)cc1)c1cc(C)oc1C. The molecule has 2 rings (SSSR count). The summed E-state index contributed by atoms with van der Waals surface area (Å²) in [7, 11) is 0. The molecule has 3 heteroatoms. The third-order valence-electron chi connectivity index (χ3n) is 3.45. The summed E-state index contributed by atoms with van der Waals surface area (Å²) in [6.07, 6.45) is 2.11. The Labute approximate surface area is 129 Å². The predicted octanol–water partition coefficient (Wildman–Crippen LogP) is 4.94. The Balaban J connectivity index is 2.19. The molecular weight excluding hydrogens is 314 g/mol. The fourth-order valence-corrected chi connectivity index (χ4v) is 2.73. The van der Waals surface area contributed by atoms with Crippen molar-refractivity contribution in [2.24, 2.45) is 0 Å². The Bertz CT molecular complexity index is 545. The van der Waals surface area contributed by atoms with E-state index in [0.29, 0.717) is 6.04 Å². The normalized spacial score (nSPS) is 12.6. The zero-order valence-corrected chi connectivity index (χ0v) is 14.0. The molecule has 1 aromatic heterocycles. The van der Waals surface area contributed by atoms with E-state index in [0.717, 1.165) is 35.4 Å². The van der Waals surface area contributed by atoms with Crippen LogP contribution in [0.5, 0.6) is 0 Å². The van der Waals surface area contributed by atoms with Crippen molar-refractivity contribution in [3.63, 3.8) is 0 Å². The van der Waals surface area contributed by atoms with Crippen molar-refractivity contribution in [3.05, 3.63) is 57.5 Å². The quantitative estimate of drug-likeness (QED) is 0.808. The molecule has 0 aliphatic carbocycles. The molecule has 1 unspecified atom stereocenters. The molecule has 2 nitrogen and oxygen atoms in total. The van der Waals surface area contributed by atoms with E-state index in [2.05, 4.69) is 58.5 Å². The minimum absolute atomic E-state index is 0.313. The van der Waals surface area contributed by atoms with Gasteiger partial charge in [0, 0.05) is 16.1 Å². The van der Waals surface area contributed by atoms with Gasteiger partial charge in [0.15, 0.2) is 0 Å². The molecule has 1 aromatic carbocycles. The van der Waals surface area contributed by atoms with E-state index in [-0.39, 0.29) is 0 Å². The lowest BCUT2D eigenvalue weighted by Crippen LogP contribution is -2.24. The van der Waals surface area contributed by atoms with Gasteiger partial charge in [-0.15, -0.1) is 0 Å². The maximum atomic E-state index is 5.68. The second-order valence-corrected chi connectivity index (χ2v) is 6.12. The molecule has 108 valence electrons. The molecule has 0 saturated heterocycles. The lowest BCUT2D eigenvalue weighted by atomic mass is 9.99. The van der Waals surface area contributed by atoms with Crippen LogP contribution >= 0.6 is 15.9 Å². The summed E-state index contributed by atoms with van der Waals surface area (Å²) < 4.78 is 6.80. The molecule has 0 aliphatic rings. The second-order valence-electron chi connectivity index (χ2n) is 5.21. The highest BCUT2D eigenvalue weighted by Gasteiger charge is 2.17. The standard InChI is InChI=1S/C17H22BrNO/c1-4-9-19-17(16-10-12(2)20-13(16)3)11-14-5-7-15(18)8-6-14/h5-8,10,17,19H,4,9,11H2,1-3H3. The summed E-state index contributed by atoms with van der Waals surface area (Å²) in [4.78, 5) is 0. The highest BCUT2D eigenvalue weighted by atomic mass is 79.9. The second kappa shape index (κ2) is 7.09. The monoisotopic (exact) mass is 335 g/mol. The van der Waals surface area contributed by atoms with E-state index >= 15 is 0 Å². The van der Waals surface area contributed by atoms with Crippen LogP contribution in [0.1, 0.15) is 42.0 Å². The van der Waals surface area contributed by atoms with Gasteiger partial charge in [0.1, 0.15) is 11.5 Å². The third kappa shape index (κ3) is 3.97. The summed E-state index contributed by atoms with van der Waals surface area (Å²) in [5.41, 5.74) is 2.61. The zero-order valence-electron chi connectivity index (χ0n) is 12.4. The number of hydrogen-bond acceptors (Lipinski definition) is 2. The molecule has 1 N–H and O–H groups in total. The number of halogens is 1. The number of hydrogen-bond donors (Lipinski definition) is 1. The summed E-state index contributed by atoms with van der Waals surface area (Å²) >= 11 is 3.48. The van der Waals surface area contributed by atoms with Crippen molar-refractivity contribution in [2.75, 3.05) is 6.54 Å². The van der Waals surface area contributed by atoms with Gasteiger partial charge in [0.05, 0.1) is 0 Å². The molecule has 1 heterocycles. The van der Waals surface area contributed by atoms with E-state index in [4.69, 9.17) is 4.42 Å². The van der Waals surface area contributed by atoms with Gasteiger partial charge in [-0.3, -0.25) is 0 Å². The van der Waals surface area contributed by atoms with Crippen LogP contribution in [-0.4, -0.2) is 6.54 Å². The minimum Gasteiger partial charge on any atom is -0.466 e. The van der Waals surface area contributed by atoms with Gasteiger partial charge in [0.25, 0.3) is 0 Å². The average Bonchev–Trinajstić information content (AvgIpc) is 2.76. The molecule has 20 heavy (non-hydrogen) atoms. The molecule has 0 fully saturated rings. The lowest BCUT2D eigenvalue weighted by molar-refractivity contribution is 0.480. The van der Waals surface area contributed by atoms with Crippen molar-refractivity contribution >= 4 is 15.9 Å². The fourth-order valence-electron chi connectivity index (χ4n) is 2.46. The third-order valence-corrected chi connectivity index (χ3v) is 3.98. The van der Waals surface area contributed by atoms with Crippen molar-refractivity contribution in [2.45, 2.75) is 39.7 Å². The molecule has 2 aromatic rings. The van der Waals surface area contributed by atoms with Gasteiger partial charge < -0.3 is 9.73 Å². The van der Waals surface area contributed by atoms with Crippen molar-refractivity contribution < 1.29 is 4.42 Å². The van der Waals surface area contributed by atoms with Gasteiger partial charge in [-0.05, 0) is 57.0 Å². The van der Waals surface area contributed by atoms with Crippen molar-refractivity contribution in [3.8, 4) is 0 Å². The number of nitrogens with one attached hydrogen (secondary N) is 1. The Hall–Kier alpha value is -1.06. The van der Waals surface area contributed by atoms with Gasteiger partial charge in [-0.1, -0.05) is 35.0 Å². The minimum atomic E-state index is 0.313. The van der Waals surface area contributed by atoms with Crippen molar-refractivity contribution in [1.82, 2.24) is 5.32 Å². The molecule has 0 amide bonds. The van der Waals surface area contributed by atoms with Gasteiger partial charge in [-0.2, -0.15) is 0 Å². The molecule has 0 aliphatic heterocycles. The highest BCUT2D eigenvalue weighted by Crippen LogP contribution is 2.25. The summed E-state index contributed by atoms with van der Waals surface area (Å²) in [5, 5.41) is 3.63. The van der Waals surface area contributed by atoms with Crippen LogP contribution in [0.2, 0.25) is 0 Å². The Morgan fingerprint density at radius 2 is 1.90 bits per heavy atom. The molecule has 1 atom stereocenters. The molecular formula is C17H22BrNO. The van der Waals surface area contributed by atoms with Crippen LogP contribution in [-0.2, 0) is 6.42 Å². The topological polar surface area (TPSA) is 25.2 Å². The first kappa shape index (κ1) is 15.3. The molecule has 0 radical (unpaired) electrons. The Kier molecular flexibility index (Phi) is 5.44. The van der Waals surface area contributed by atoms with E-state index in [1.54, 1.807) is 0 Å². The smallest absolute Gasteiger partial charge is 0.105 e. The highest BCUT2D eigenvalue weighted by molar-refractivity contribution is 9.10. The first-order chi connectivity index (χ1) is 9.60. The van der Waals surface area contributed by atoms with Crippen LogP contribution in [0.25, 0.3) is 0 Å². The Morgan fingerprint density at radius 1 is 1.20 bits per heavy atom. The number of furan rings is 1. The maximum absolute atomic E-state index is 5.68. The van der Waals surface area contributed by atoms with Crippen molar-refractivity contribution in [1.29, 1.82) is 0 Å². The Morgan fingerprint density at radius 3 is 2.45 bits per heavy atom. The summed E-state index contributed by atoms with van der Waals surface area (Å²) in [6.45, 7) is 7.26. The fraction of sp³-hybridized carbons (Fsp3) is 0.412. The average molecular weight is 336 g/mol. The largest absolute Gasteiger partial charge is 0.466 e. The van der Waals surface area contributed by atoms with Crippen LogP contribution in [0.4, 0.5) is 0 Å². The lowest BCUT2D eigenvalue weighted by Gasteiger charge is -2.18. The predicted molar refractivity (Wildman–Crippen MR) is 87.1 cm³/mol. The summed E-state index contributed by atoms with van der Waals surface area (Å²) in [6, 6.07) is 11.0. The van der Waals surface area contributed by atoms with E-state index in [1.807, 2.05) is 13.8 Å². The van der Waals surface area contributed by atoms with E-state index in [9.17, 15) is 0 Å². The summed E-state index contributed by atoms with van der Waals surface area (Å²) in [5.74, 6) is 2.00. The van der Waals surface area contributed by atoms with Crippen LogP contribution in [0.3, 0.4) is 0 Å². The van der Waals surface area contributed by atoms with Gasteiger partial charge in [-0.25, -0.2) is 0 Å². The first-order valence-electron chi connectivity index (χ1n) is 7.15. The van der Waals surface area contributed by atoms with Gasteiger partial charge >= 0.3 is 0 Å².